The summed E-state index contributed by atoms with van der Waals surface area (Å²) < 4.78 is 0. The summed E-state index contributed by atoms with van der Waals surface area (Å²) in [5, 5.41) is 22.4. The minimum Gasteiger partial charge on any atom is -0.508 e. The number of nitrogens with one attached hydrogen (secondary N) is 1. The van der Waals surface area contributed by atoms with Crippen molar-refractivity contribution in [2.24, 2.45) is 0 Å². The molecule has 0 unspecified atom stereocenters. The van der Waals surface area contributed by atoms with Gasteiger partial charge in [0.25, 0.3) is 5.91 Å². The van der Waals surface area contributed by atoms with Gasteiger partial charge in [-0.1, -0.05) is 24.3 Å². The van der Waals surface area contributed by atoms with E-state index in [1.165, 1.54) is 29.2 Å². The van der Waals surface area contributed by atoms with Crippen LogP contribution in [0, 0.1) is 0 Å². The smallest absolute Gasteiger partial charge is 0.253 e. The molecule has 2 amide bonds. The fourth-order valence-corrected chi connectivity index (χ4v) is 3.86. The summed E-state index contributed by atoms with van der Waals surface area (Å²) >= 11 is 0. The van der Waals surface area contributed by atoms with E-state index in [4.69, 9.17) is 0 Å². The van der Waals surface area contributed by atoms with Gasteiger partial charge in [0.2, 0.25) is 5.91 Å². The summed E-state index contributed by atoms with van der Waals surface area (Å²) in [5.41, 5.74) is 1.79. The van der Waals surface area contributed by atoms with Crippen molar-refractivity contribution in [1.82, 2.24) is 4.90 Å². The predicted octanol–water partition coefficient (Wildman–Crippen LogP) is 3.09. The number of rotatable bonds is 3. The van der Waals surface area contributed by atoms with Crippen LogP contribution in [0.15, 0.2) is 66.7 Å². The van der Waals surface area contributed by atoms with Gasteiger partial charge in [0.05, 0.1) is 0 Å². The van der Waals surface area contributed by atoms with Gasteiger partial charge in [-0.05, 0) is 53.6 Å². The Morgan fingerprint density at radius 3 is 1.86 bits per heavy atom. The molecule has 6 nitrogen and oxygen atoms in total. The molecule has 0 atom stereocenters. The second kappa shape index (κ2) is 6.67. The Hall–Kier alpha value is -3.80. The van der Waals surface area contributed by atoms with Crippen molar-refractivity contribution in [2.45, 2.75) is 5.41 Å². The number of nitrogens with zero attached hydrogens (tertiary/aromatic N) is 1. The maximum absolute atomic E-state index is 13.4. The van der Waals surface area contributed by atoms with Gasteiger partial charge in [-0.3, -0.25) is 9.59 Å². The maximum Gasteiger partial charge on any atom is 0.253 e. The van der Waals surface area contributed by atoms with Crippen LogP contribution in [0.4, 0.5) is 5.69 Å². The molecule has 3 aromatic carbocycles. The fourth-order valence-electron chi connectivity index (χ4n) is 3.86. The Bertz CT molecular complexity index is 1060. The number of carbonyl (C=O) groups excluding carboxylic acids is 2. The number of anilines is 1. The molecule has 0 saturated carbocycles. The van der Waals surface area contributed by atoms with Gasteiger partial charge in [-0.2, -0.15) is 0 Å². The number of benzene rings is 3. The van der Waals surface area contributed by atoms with Crippen LogP contribution in [0.1, 0.15) is 27.0 Å². The Morgan fingerprint density at radius 1 is 0.862 bits per heavy atom. The van der Waals surface area contributed by atoms with Crippen LogP contribution >= 0.6 is 0 Å². The van der Waals surface area contributed by atoms with Crippen molar-refractivity contribution in [3.63, 3.8) is 0 Å². The molecular weight excluding hydrogens is 368 g/mol. The molecule has 1 heterocycles. The lowest BCUT2D eigenvalue weighted by atomic mass is 9.70. The van der Waals surface area contributed by atoms with Gasteiger partial charge < -0.3 is 20.4 Å². The molecule has 146 valence electrons. The molecule has 0 radical (unpaired) electrons. The van der Waals surface area contributed by atoms with E-state index in [1.54, 1.807) is 56.6 Å². The van der Waals surface area contributed by atoms with Crippen LogP contribution in [0.25, 0.3) is 0 Å². The normalized spacial score (nSPS) is 14.2. The first-order chi connectivity index (χ1) is 13.8. The Morgan fingerprint density at radius 2 is 1.38 bits per heavy atom. The number of amides is 2. The van der Waals surface area contributed by atoms with Gasteiger partial charge in [0.15, 0.2) is 0 Å². The van der Waals surface area contributed by atoms with E-state index in [0.29, 0.717) is 27.9 Å². The summed E-state index contributed by atoms with van der Waals surface area (Å²) in [6.07, 6.45) is 0. The van der Waals surface area contributed by atoms with E-state index >= 15 is 0 Å². The Balaban J connectivity index is 2.03. The van der Waals surface area contributed by atoms with Crippen molar-refractivity contribution in [3.8, 4) is 11.5 Å². The lowest BCUT2D eigenvalue weighted by Crippen LogP contribution is -2.37. The molecule has 29 heavy (non-hydrogen) atoms. The first-order valence-electron chi connectivity index (χ1n) is 9.10. The Labute approximate surface area is 168 Å². The largest absolute Gasteiger partial charge is 0.508 e. The number of carbonyl (C=O) groups is 2. The molecule has 0 fully saturated rings. The van der Waals surface area contributed by atoms with Crippen LogP contribution in [0.3, 0.4) is 0 Å². The van der Waals surface area contributed by atoms with E-state index in [2.05, 4.69) is 5.32 Å². The van der Waals surface area contributed by atoms with E-state index in [0.717, 1.165) is 0 Å². The summed E-state index contributed by atoms with van der Waals surface area (Å²) in [4.78, 5) is 27.4. The molecule has 0 aliphatic carbocycles. The zero-order chi connectivity index (χ0) is 20.8. The molecular formula is C23H20N2O4. The molecule has 0 aromatic heterocycles. The third-order valence-corrected chi connectivity index (χ3v) is 5.27. The van der Waals surface area contributed by atoms with Gasteiger partial charge in [-0.25, -0.2) is 0 Å². The number of phenols is 2. The van der Waals surface area contributed by atoms with Crippen molar-refractivity contribution in [2.75, 3.05) is 19.4 Å². The maximum atomic E-state index is 13.4. The molecule has 4 rings (SSSR count). The molecule has 0 spiro atoms. The molecule has 0 bridgehead atoms. The van der Waals surface area contributed by atoms with Crippen molar-refractivity contribution in [1.29, 1.82) is 0 Å². The van der Waals surface area contributed by atoms with Crippen LogP contribution in [0.2, 0.25) is 0 Å². The highest BCUT2D eigenvalue weighted by atomic mass is 16.3. The van der Waals surface area contributed by atoms with Crippen LogP contribution in [-0.2, 0) is 10.2 Å². The second-order valence-corrected chi connectivity index (χ2v) is 7.26. The standard InChI is InChI=1S/C23H20N2O4/c1-25(2)21(28)14-3-12-20-19(13-14)23(22(29)24-20,15-4-8-17(26)9-5-15)16-6-10-18(27)11-7-16/h3-13,26-27H,1-2H3,(H,24,29). The molecule has 6 heteroatoms. The van der Waals surface area contributed by atoms with Crippen molar-refractivity contribution >= 4 is 17.5 Å². The average molecular weight is 388 g/mol. The number of fused-ring (bicyclic) bond motifs is 1. The first-order valence-corrected chi connectivity index (χ1v) is 9.10. The lowest BCUT2D eigenvalue weighted by molar-refractivity contribution is -0.118. The predicted molar refractivity (Wildman–Crippen MR) is 109 cm³/mol. The van der Waals surface area contributed by atoms with Crippen LogP contribution in [0.5, 0.6) is 11.5 Å². The molecule has 1 aliphatic heterocycles. The van der Waals surface area contributed by atoms with E-state index < -0.39 is 5.41 Å². The minimum absolute atomic E-state index is 0.0878. The first kappa shape index (κ1) is 18.6. The fraction of sp³-hybridized carbons (Fsp3) is 0.130. The highest BCUT2D eigenvalue weighted by Crippen LogP contribution is 2.48. The summed E-state index contributed by atoms with van der Waals surface area (Å²) in [6, 6.07) is 18.0. The van der Waals surface area contributed by atoms with E-state index in [9.17, 15) is 19.8 Å². The molecule has 0 saturated heterocycles. The minimum atomic E-state index is -1.22. The topological polar surface area (TPSA) is 89.9 Å². The summed E-state index contributed by atoms with van der Waals surface area (Å²) in [6.45, 7) is 0. The van der Waals surface area contributed by atoms with Gasteiger partial charge in [-0.15, -0.1) is 0 Å². The number of aromatic hydroxyl groups is 2. The third-order valence-electron chi connectivity index (χ3n) is 5.27. The highest BCUT2D eigenvalue weighted by Gasteiger charge is 2.50. The monoisotopic (exact) mass is 388 g/mol. The third kappa shape index (κ3) is 2.81. The van der Waals surface area contributed by atoms with E-state index in [-0.39, 0.29) is 23.3 Å². The van der Waals surface area contributed by atoms with Gasteiger partial charge in [0.1, 0.15) is 16.9 Å². The second-order valence-electron chi connectivity index (χ2n) is 7.26. The van der Waals surface area contributed by atoms with Gasteiger partial charge in [0, 0.05) is 30.9 Å². The summed E-state index contributed by atoms with van der Waals surface area (Å²) in [7, 11) is 3.35. The molecule has 3 aromatic rings. The lowest BCUT2D eigenvalue weighted by Gasteiger charge is -2.29. The number of phenolic OH excluding ortho intramolecular Hbond substituents is 2. The number of hydrogen-bond acceptors (Lipinski definition) is 4. The molecule has 3 N–H and O–H groups in total. The molecule has 1 aliphatic rings. The quantitative estimate of drug-likeness (QED) is 0.643. The zero-order valence-electron chi connectivity index (χ0n) is 16.0. The zero-order valence-corrected chi connectivity index (χ0v) is 16.0. The average Bonchev–Trinajstić information content (AvgIpc) is 3.00. The van der Waals surface area contributed by atoms with Crippen LogP contribution in [-0.4, -0.2) is 41.0 Å². The van der Waals surface area contributed by atoms with E-state index in [1.807, 2.05) is 0 Å². The number of hydrogen-bond donors (Lipinski definition) is 3. The SMILES string of the molecule is CN(C)C(=O)c1ccc2c(c1)C(c1ccc(O)cc1)(c1ccc(O)cc1)C(=O)N2. The van der Waals surface area contributed by atoms with Crippen LogP contribution < -0.4 is 5.32 Å². The highest BCUT2D eigenvalue weighted by molar-refractivity contribution is 6.12. The van der Waals surface area contributed by atoms with Crippen molar-refractivity contribution in [3.05, 3.63) is 89.0 Å². The van der Waals surface area contributed by atoms with Crippen molar-refractivity contribution < 1.29 is 19.8 Å². The Kier molecular flexibility index (Phi) is 4.27. The van der Waals surface area contributed by atoms with Gasteiger partial charge >= 0.3 is 0 Å². The summed E-state index contributed by atoms with van der Waals surface area (Å²) in [5.74, 6) is -0.259.